The average molecular weight is 444 g/mol. The number of phenols is 1. The molecule has 1 fully saturated rings. The number of ether oxygens (including phenoxy) is 1. The van der Waals surface area contributed by atoms with E-state index in [1.807, 2.05) is 19.9 Å². The van der Waals surface area contributed by atoms with Crippen LogP contribution < -0.4 is 4.74 Å². The van der Waals surface area contributed by atoms with E-state index in [0.29, 0.717) is 22.6 Å². The Hall–Kier alpha value is -4.13. The summed E-state index contributed by atoms with van der Waals surface area (Å²) in [5, 5.41) is 21.1. The molecule has 0 aliphatic carbocycles. The maximum Gasteiger partial charge on any atom is 0.296 e. The molecule has 3 aromatic rings. The van der Waals surface area contributed by atoms with Crippen LogP contribution in [0.2, 0.25) is 0 Å². The second kappa shape index (κ2) is 8.78. The van der Waals surface area contributed by atoms with Crippen LogP contribution in [0.3, 0.4) is 0 Å². The van der Waals surface area contributed by atoms with Gasteiger partial charge in [-0.3, -0.25) is 14.6 Å². The number of rotatable bonds is 5. The summed E-state index contributed by atoms with van der Waals surface area (Å²) in [6, 6.07) is 14.3. The molecule has 168 valence electrons. The highest BCUT2D eigenvalue weighted by Gasteiger charge is 2.46. The number of Topliss-reactive ketones (excluding diaryl/α,β-unsaturated/α-hetero) is 1. The van der Waals surface area contributed by atoms with Crippen molar-refractivity contribution in [3.8, 4) is 11.5 Å². The number of hydrogen-bond acceptors (Lipinski definition) is 6. The fourth-order valence-electron chi connectivity index (χ4n) is 4.26. The van der Waals surface area contributed by atoms with Crippen molar-refractivity contribution in [3.63, 3.8) is 0 Å². The lowest BCUT2D eigenvalue weighted by atomic mass is 9.93. The third-order valence-corrected chi connectivity index (χ3v) is 5.69. The first-order chi connectivity index (χ1) is 15.8. The van der Waals surface area contributed by atoms with Gasteiger partial charge in [-0.2, -0.15) is 0 Å². The maximum atomic E-state index is 13.2. The van der Waals surface area contributed by atoms with Gasteiger partial charge in [0.05, 0.1) is 36.5 Å². The number of aryl methyl sites for hydroxylation is 2. The summed E-state index contributed by atoms with van der Waals surface area (Å²) >= 11 is 0. The number of carbonyl (C=O) groups excluding carboxylic acids is 2. The molecule has 1 aromatic heterocycles. The van der Waals surface area contributed by atoms with Crippen LogP contribution in [0.4, 0.5) is 0 Å². The minimum atomic E-state index is -0.863. The number of nitrogens with zero attached hydrogens (tertiary/aromatic N) is 2. The Balaban J connectivity index is 1.93. The molecule has 1 aliphatic rings. The maximum absolute atomic E-state index is 13.2. The molecule has 2 aromatic carbocycles. The SMILES string of the molecule is COc1c(C)cc(C)cc1/C(O)=C1\C(=O)C(=O)N(Cc2ccccn2)C1c1ccc(O)cc1. The zero-order valence-corrected chi connectivity index (χ0v) is 18.6. The highest BCUT2D eigenvalue weighted by atomic mass is 16.5. The molecule has 1 saturated heterocycles. The van der Waals surface area contributed by atoms with Gasteiger partial charge in [0.1, 0.15) is 17.3 Å². The molecular formula is C26H24N2O5. The second-order valence-electron chi connectivity index (χ2n) is 8.00. The van der Waals surface area contributed by atoms with Crippen molar-refractivity contribution in [2.75, 3.05) is 7.11 Å². The van der Waals surface area contributed by atoms with E-state index >= 15 is 0 Å². The molecule has 4 rings (SSSR count). The third kappa shape index (κ3) is 4.05. The van der Waals surface area contributed by atoms with Crippen LogP contribution in [-0.2, 0) is 16.1 Å². The first-order valence-electron chi connectivity index (χ1n) is 10.4. The lowest BCUT2D eigenvalue weighted by Gasteiger charge is -2.25. The van der Waals surface area contributed by atoms with Crippen LogP contribution in [0.15, 0.2) is 66.4 Å². The number of hydrogen-bond donors (Lipinski definition) is 2. The molecule has 0 bridgehead atoms. The van der Waals surface area contributed by atoms with Gasteiger partial charge in [-0.05, 0) is 60.9 Å². The molecule has 1 amide bonds. The van der Waals surface area contributed by atoms with E-state index in [2.05, 4.69) is 4.98 Å². The molecule has 0 spiro atoms. The van der Waals surface area contributed by atoms with Gasteiger partial charge >= 0.3 is 0 Å². The Morgan fingerprint density at radius 2 is 1.82 bits per heavy atom. The van der Waals surface area contributed by atoms with Crippen molar-refractivity contribution in [2.45, 2.75) is 26.4 Å². The van der Waals surface area contributed by atoms with Crippen molar-refractivity contribution in [2.24, 2.45) is 0 Å². The molecule has 7 nitrogen and oxygen atoms in total. The van der Waals surface area contributed by atoms with Gasteiger partial charge in [-0.1, -0.05) is 24.3 Å². The molecule has 0 saturated carbocycles. The zero-order chi connectivity index (χ0) is 23.7. The van der Waals surface area contributed by atoms with Gasteiger partial charge in [0, 0.05) is 6.20 Å². The second-order valence-corrected chi connectivity index (χ2v) is 8.00. The van der Waals surface area contributed by atoms with Gasteiger partial charge in [0.25, 0.3) is 11.7 Å². The Kier molecular flexibility index (Phi) is 5.87. The van der Waals surface area contributed by atoms with Crippen LogP contribution in [0.25, 0.3) is 5.76 Å². The summed E-state index contributed by atoms with van der Waals surface area (Å²) in [6.45, 7) is 3.80. The van der Waals surface area contributed by atoms with Crippen molar-refractivity contribution in [1.29, 1.82) is 0 Å². The van der Waals surface area contributed by atoms with Gasteiger partial charge in [0.2, 0.25) is 0 Å². The standard InChI is InChI=1S/C26H24N2O5/c1-15-12-16(2)25(33-3)20(13-15)23(30)21-22(17-7-9-19(29)10-8-17)28(26(32)24(21)31)14-18-6-4-5-11-27-18/h4-13,22,29-30H,14H2,1-3H3/b23-21+. The van der Waals surface area contributed by atoms with Crippen molar-refractivity contribution in [1.82, 2.24) is 9.88 Å². The molecule has 1 aliphatic heterocycles. The van der Waals surface area contributed by atoms with E-state index in [4.69, 9.17) is 4.74 Å². The van der Waals surface area contributed by atoms with Crippen LogP contribution in [0.5, 0.6) is 11.5 Å². The number of amides is 1. The minimum absolute atomic E-state index is 0.0371. The first-order valence-corrected chi connectivity index (χ1v) is 10.4. The molecule has 33 heavy (non-hydrogen) atoms. The summed E-state index contributed by atoms with van der Waals surface area (Å²) in [4.78, 5) is 32.0. The van der Waals surface area contributed by atoms with E-state index in [-0.39, 0.29) is 23.6 Å². The smallest absolute Gasteiger partial charge is 0.296 e. The number of ketones is 1. The monoisotopic (exact) mass is 444 g/mol. The van der Waals surface area contributed by atoms with Gasteiger partial charge < -0.3 is 19.8 Å². The zero-order valence-electron chi connectivity index (χ0n) is 18.6. The summed E-state index contributed by atoms with van der Waals surface area (Å²) in [7, 11) is 1.49. The van der Waals surface area contributed by atoms with E-state index < -0.39 is 17.7 Å². The number of aromatic nitrogens is 1. The average Bonchev–Trinajstić information content (AvgIpc) is 3.04. The molecule has 0 radical (unpaired) electrons. The van der Waals surface area contributed by atoms with E-state index in [9.17, 15) is 19.8 Å². The number of aliphatic hydroxyl groups is 1. The Morgan fingerprint density at radius 3 is 2.45 bits per heavy atom. The predicted octanol–water partition coefficient (Wildman–Crippen LogP) is 4.03. The fraction of sp³-hybridized carbons (Fsp3) is 0.192. The predicted molar refractivity (Wildman–Crippen MR) is 123 cm³/mol. The number of benzene rings is 2. The number of carbonyl (C=O) groups is 2. The van der Waals surface area contributed by atoms with Crippen molar-refractivity contribution in [3.05, 3.63) is 94.3 Å². The summed E-state index contributed by atoms with van der Waals surface area (Å²) in [5.41, 5.74) is 3.15. The molecule has 2 heterocycles. The molecule has 1 unspecified atom stereocenters. The highest BCUT2D eigenvalue weighted by Crippen LogP contribution is 2.42. The number of likely N-dealkylation sites (tertiary alicyclic amines) is 1. The highest BCUT2D eigenvalue weighted by molar-refractivity contribution is 6.46. The topological polar surface area (TPSA) is 100.0 Å². The lowest BCUT2D eigenvalue weighted by Crippen LogP contribution is -2.29. The van der Waals surface area contributed by atoms with E-state index in [0.717, 1.165) is 11.1 Å². The van der Waals surface area contributed by atoms with Crippen molar-refractivity contribution >= 4 is 17.4 Å². The Morgan fingerprint density at radius 1 is 1.09 bits per heavy atom. The summed E-state index contributed by atoms with van der Waals surface area (Å²) in [5.74, 6) is -1.35. The van der Waals surface area contributed by atoms with Crippen LogP contribution in [0.1, 0.15) is 34.0 Å². The summed E-state index contributed by atoms with van der Waals surface area (Å²) in [6.07, 6.45) is 1.61. The lowest BCUT2D eigenvalue weighted by molar-refractivity contribution is -0.140. The molecule has 2 N–H and O–H groups in total. The molecular weight excluding hydrogens is 420 g/mol. The number of pyridine rings is 1. The van der Waals surface area contributed by atoms with Gasteiger partial charge in [-0.15, -0.1) is 0 Å². The van der Waals surface area contributed by atoms with Crippen LogP contribution >= 0.6 is 0 Å². The normalized spacial score (nSPS) is 17.4. The third-order valence-electron chi connectivity index (χ3n) is 5.69. The Bertz CT molecular complexity index is 1250. The Labute approximate surface area is 191 Å². The van der Waals surface area contributed by atoms with Crippen LogP contribution in [-0.4, -0.2) is 38.9 Å². The minimum Gasteiger partial charge on any atom is -0.508 e. The first kappa shape index (κ1) is 22.1. The number of aromatic hydroxyl groups is 1. The molecule has 1 atom stereocenters. The molecule has 7 heteroatoms. The van der Waals surface area contributed by atoms with Crippen LogP contribution in [0, 0.1) is 13.8 Å². The largest absolute Gasteiger partial charge is 0.508 e. The summed E-state index contributed by atoms with van der Waals surface area (Å²) < 4.78 is 5.51. The number of aliphatic hydroxyl groups excluding tert-OH is 1. The van der Waals surface area contributed by atoms with E-state index in [1.54, 1.807) is 42.6 Å². The van der Waals surface area contributed by atoms with Crippen molar-refractivity contribution < 1.29 is 24.5 Å². The number of phenolic OH excluding ortho intramolecular Hbond substituents is 1. The van der Waals surface area contributed by atoms with E-state index in [1.165, 1.54) is 24.1 Å². The fourth-order valence-corrected chi connectivity index (χ4v) is 4.26. The van der Waals surface area contributed by atoms with Gasteiger partial charge in [0.15, 0.2) is 0 Å². The quantitative estimate of drug-likeness (QED) is 0.350. The van der Waals surface area contributed by atoms with Gasteiger partial charge in [-0.25, -0.2) is 0 Å². The number of methoxy groups -OCH3 is 1.